The number of hydrogen-bond acceptors (Lipinski definition) is 6. The van der Waals surface area contributed by atoms with Gasteiger partial charge in [-0.1, -0.05) is 28.0 Å². The smallest absolute Gasteiger partial charge is 0.475 e. The van der Waals surface area contributed by atoms with Crippen molar-refractivity contribution >= 4 is 45.5 Å². The molecule has 1 aliphatic rings. The number of carbonyl (C=O) groups excluding carboxylic acids is 1. The molecule has 0 radical (unpaired) electrons. The van der Waals surface area contributed by atoms with Gasteiger partial charge in [0.1, 0.15) is 5.75 Å². The van der Waals surface area contributed by atoms with Gasteiger partial charge in [-0.3, -0.25) is 4.79 Å². The predicted molar refractivity (Wildman–Crippen MR) is 117 cm³/mol. The number of H-pyrrole nitrogens is 1. The Hall–Kier alpha value is -1.29. The maximum Gasteiger partial charge on any atom is 0.475 e. The number of phenols is 1. The molecular formula is C19H27BN2O4S2. The zero-order valence-corrected chi connectivity index (χ0v) is 17.4. The molecule has 1 fully saturated rings. The number of rotatable bonds is 10. The van der Waals surface area contributed by atoms with Crippen LogP contribution in [0.3, 0.4) is 0 Å². The molecule has 2 atom stereocenters. The summed E-state index contributed by atoms with van der Waals surface area (Å²) in [5, 5.41) is 33.4. The highest BCUT2D eigenvalue weighted by molar-refractivity contribution is 8.77. The van der Waals surface area contributed by atoms with E-state index < -0.39 is 13.1 Å². The SMILES string of the molecule is O=C(CCCC[C@@H]1CCSS1)N[C@H](CCc1c[nH]c2ccc(O)cc12)B(O)O. The Labute approximate surface area is 173 Å². The zero-order valence-electron chi connectivity index (χ0n) is 15.8. The normalized spacial score (nSPS) is 17.7. The third kappa shape index (κ3) is 6.11. The van der Waals surface area contributed by atoms with E-state index in [9.17, 15) is 19.9 Å². The molecule has 9 heteroatoms. The van der Waals surface area contributed by atoms with Gasteiger partial charge in [0, 0.05) is 34.5 Å². The van der Waals surface area contributed by atoms with E-state index in [1.807, 2.05) is 27.8 Å². The van der Waals surface area contributed by atoms with Gasteiger partial charge in [0.15, 0.2) is 0 Å². The minimum atomic E-state index is -1.60. The van der Waals surface area contributed by atoms with Crippen molar-refractivity contribution in [2.24, 2.45) is 0 Å². The highest BCUT2D eigenvalue weighted by Gasteiger charge is 2.25. The number of hydrogen-bond donors (Lipinski definition) is 5. The van der Waals surface area contributed by atoms with Crippen molar-refractivity contribution in [3.63, 3.8) is 0 Å². The van der Waals surface area contributed by atoms with Crippen LogP contribution in [0.25, 0.3) is 10.9 Å². The lowest BCUT2D eigenvalue weighted by atomic mass is 9.76. The van der Waals surface area contributed by atoms with Gasteiger partial charge in [0.05, 0.1) is 5.94 Å². The third-order valence-electron chi connectivity index (χ3n) is 5.09. The summed E-state index contributed by atoms with van der Waals surface area (Å²) in [4.78, 5) is 15.3. The first-order valence-corrected chi connectivity index (χ1v) is 12.1. The molecule has 0 unspecified atom stereocenters. The lowest BCUT2D eigenvalue weighted by Gasteiger charge is -2.18. The van der Waals surface area contributed by atoms with Crippen LogP contribution in [0.4, 0.5) is 0 Å². The van der Waals surface area contributed by atoms with Crippen molar-refractivity contribution in [1.29, 1.82) is 0 Å². The molecule has 6 nitrogen and oxygen atoms in total. The fourth-order valence-electron chi connectivity index (χ4n) is 3.48. The molecule has 0 spiro atoms. The number of aromatic amines is 1. The molecule has 28 heavy (non-hydrogen) atoms. The van der Waals surface area contributed by atoms with E-state index in [0.717, 1.165) is 41.0 Å². The van der Waals surface area contributed by atoms with Gasteiger partial charge >= 0.3 is 7.12 Å². The zero-order chi connectivity index (χ0) is 19.9. The maximum atomic E-state index is 12.2. The summed E-state index contributed by atoms with van der Waals surface area (Å²) in [6, 6.07) is 5.11. The van der Waals surface area contributed by atoms with Gasteiger partial charge in [-0.25, -0.2) is 0 Å². The van der Waals surface area contributed by atoms with Gasteiger partial charge in [0.25, 0.3) is 0 Å². The van der Waals surface area contributed by atoms with E-state index in [4.69, 9.17) is 0 Å². The molecule has 2 heterocycles. The highest BCUT2D eigenvalue weighted by atomic mass is 33.1. The van der Waals surface area contributed by atoms with Gasteiger partial charge < -0.3 is 25.5 Å². The summed E-state index contributed by atoms with van der Waals surface area (Å²) in [7, 11) is 2.28. The minimum Gasteiger partial charge on any atom is -0.508 e. The first-order valence-electron chi connectivity index (χ1n) is 9.75. The van der Waals surface area contributed by atoms with Gasteiger partial charge in [0.2, 0.25) is 5.91 Å². The van der Waals surface area contributed by atoms with E-state index in [2.05, 4.69) is 10.3 Å². The van der Waals surface area contributed by atoms with Crippen LogP contribution < -0.4 is 5.32 Å². The number of aryl methyl sites for hydroxylation is 1. The Kier molecular flexibility index (Phi) is 8.02. The standard InChI is InChI=1S/C19H27BN2O4S2/c23-14-6-7-17-16(11-14)13(12-21-17)5-8-18(20(25)26)22-19(24)4-2-1-3-15-9-10-27-28-15/h6-7,11-12,15,18,21,23,25-26H,1-5,8-10H2,(H,22,24)/t15-,18-/m1/s1. The Morgan fingerprint density at radius 3 is 2.96 bits per heavy atom. The monoisotopic (exact) mass is 422 g/mol. The number of nitrogens with one attached hydrogen (secondary N) is 2. The molecule has 1 aromatic heterocycles. The van der Waals surface area contributed by atoms with Gasteiger partial charge in [-0.05, 0) is 55.9 Å². The molecule has 5 N–H and O–H groups in total. The first kappa shape index (κ1) is 21.4. The summed E-state index contributed by atoms with van der Waals surface area (Å²) in [5.74, 6) is 0.566. The summed E-state index contributed by atoms with van der Waals surface area (Å²) >= 11 is 0. The number of phenolic OH excluding ortho intramolecular Hbond substituents is 1. The number of benzene rings is 1. The van der Waals surface area contributed by atoms with Crippen LogP contribution >= 0.6 is 21.6 Å². The van der Waals surface area contributed by atoms with E-state index >= 15 is 0 Å². The topological polar surface area (TPSA) is 106 Å². The third-order valence-corrected chi connectivity index (χ3v) is 8.10. The number of carbonyl (C=O) groups is 1. The second-order valence-corrected chi connectivity index (χ2v) is 10.0. The lowest BCUT2D eigenvalue weighted by molar-refractivity contribution is -0.121. The molecule has 1 aromatic carbocycles. The van der Waals surface area contributed by atoms with Crippen LogP contribution in [0.5, 0.6) is 5.75 Å². The molecule has 152 valence electrons. The van der Waals surface area contributed by atoms with E-state index in [0.29, 0.717) is 19.3 Å². The fourth-order valence-corrected chi connectivity index (χ4v) is 6.51. The number of aromatic hydroxyl groups is 1. The fraction of sp³-hybridized carbons (Fsp3) is 0.526. The molecule has 0 saturated carbocycles. The van der Waals surface area contributed by atoms with Crippen molar-refractivity contribution < 1.29 is 19.9 Å². The summed E-state index contributed by atoms with van der Waals surface area (Å²) < 4.78 is 0. The minimum absolute atomic E-state index is 0.136. The van der Waals surface area contributed by atoms with Crippen LogP contribution in [-0.4, -0.2) is 50.1 Å². The Balaban J connectivity index is 1.44. The largest absolute Gasteiger partial charge is 0.508 e. The second-order valence-electron chi connectivity index (χ2n) is 7.24. The van der Waals surface area contributed by atoms with Crippen molar-refractivity contribution in [2.75, 3.05) is 5.75 Å². The quantitative estimate of drug-likeness (QED) is 0.229. The Morgan fingerprint density at radius 1 is 1.36 bits per heavy atom. The van der Waals surface area contributed by atoms with Crippen LogP contribution in [-0.2, 0) is 11.2 Å². The molecule has 0 bridgehead atoms. The molecule has 2 aromatic rings. The number of amides is 1. The molecule has 3 rings (SSSR count). The number of aromatic nitrogens is 1. The maximum absolute atomic E-state index is 12.2. The molecule has 0 aliphatic carbocycles. The number of unbranched alkanes of at least 4 members (excludes halogenated alkanes) is 1. The molecule has 1 amide bonds. The summed E-state index contributed by atoms with van der Waals surface area (Å²) in [5.41, 5.74) is 1.88. The van der Waals surface area contributed by atoms with E-state index in [1.165, 1.54) is 12.2 Å². The molecule has 1 aliphatic heterocycles. The number of fused-ring (bicyclic) bond motifs is 1. The van der Waals surface area contributed by atoms with Crippen molar-refractivity contribution in [3.05, 3.63) is 30.0 Å². The Morgan fingerprint density at radius 2 is 2.21 bits per heavy atom. The summed E-state index contributed by atoms with van der Waals surface area (Å²) in [6.45, 7) is 0. The summed E-state index contributed by atoms with van der Waals surface area (Å²) in [6.07, 6.45) is 7.47. The van der Waals surface area contributed by atoms with Crippen LogP contribution in [0.15, 0.2) is 24.4 Å². The van der Waals surface area contributed by atoms with Gasteiger partial charge in [-0.15, -0.1) is 0 Å². The van der Waals surface area contributed by atoms with Crippen molar-refractivity contribution in [1.82, 2.24) is 10.3 Å². The van der Waals surface area contributed by atoms with Crippen molar-refractivity contribution in [2.45, 2.75) is 56.1 Å². The second kappa shape index (κ2) is 10.5. The van der Waals surface area contributed by atoms with Gasteiger partial charge in [-0.2, -0.15) is 0 Å². The van der Waals surface area contributed by atoms with Crippen LogP contribution in [0.1, 0.15) is 44.1 Å². The molecular weight excluding hydrogens is 395 g/mol. The Bertz CT molecular complexity index is 780. The van der Waals surface area contributed by atoms with E-state index in [1.54, 1.807) is 18.2 Å². The van der Waals surface area contributed by atoms with Crippen molar-refractivity contribution in [3.8, 4) is 5.75 Å². The van der Waals surface area contributed by atoms with E-state index in [-0.39, 0.29) is 11.7 Å². The highest BCUT2D eigenvalue weighted by Crippen LogP contribution is 2.39. The van der Waals surface area contributed by atoms with Crippen LogP contribution in [0.2, 0.25) is 0 Å². The first-order chi connectivity index (χ1) is 13.5. The average Bonchev–Trinajstić information content (AvgIpc) is 3.31. The lowest BCUT2D eigenvalue weighted by Crippen LogP contribution is -2.46. The predicted octanol–water partition coefficient (Wildman–Crippen LogP) is 3.02. The van der Waals surface area contributed by atoms with Crippen LogP contribution in [0, 0.1) is 0 Å². The molecule has 1 saturated heterocycles. The average molecular weight is 422 g/mol.